The van der Waals surface area contributed by atoms with Crippen LogP contribution in [0.15, 0.2) is 35.3 Å². The summed E-state index contributed by atoms with van der Waals surface area (Å²) in [6, 6.07) is 11.8. The normalized spacial score (nSPS) is 20.8. The molecule has 2 atom stereocenters. The molecule has 0 saturated carbocycles. The van der Waals surface area contributed by atoms with Crippen molar-refractivity contribution in [3.8, 4) is 0 Å². The number of nitrogens with one attached hydrogen (secondary N) is 3. The van der Waals surface area contributed by atoms with Gasteiger partial charge >= 0.3 is 0 Å². The summed E-state index contributed by atoms with van der Waals surface area (Å²) in [4.78, 5) is 18.9. The third kappa shape index (κ3) is 7.89. The second-order valence-corrected chi connectivity index (χ2v) is 7.90. The van der Waals surface area contributed by atoms with E-state index in [1.807, 2.05) is 13.8 Å². The molecule has 3 N–H and O–H groups in total. The Kier molecular flexibility index (Phi) is 9.28. The van der Waals surface area contributed by atoms with Crippen molar-refractivity contribution in [3.63, 3.8) is 0 Å². The predicted molar refractivity (Wildman–Crippen MR) is 116 cm³/mol. The molecule has 0 radical (unpaired) electrons. The molecule has 1 aromatic rings. The van der Waals surface area contributed by atoms with E-state index in [1.165, 1.54) is 5.56 Å². The van der Waals surface area contributed by atoms with Gasteiger partial charge in [-0.25, -0.2) is 0 Å². The lowest BCUT2D eigenvalue weighted by molar-refractivity contribution is -0.121. The number of likely N-dealkylation sites (tertiary alicyclic amines) is 1. The maximum Gasteiger partial charge on any atom is 0.222 e. The lowest BCUT2D eigenvalue weighted by atomic mass is 9.97. The van der Waals surface area contributed by atoms with Crippen molar-refractivity contribution >= 4 is 11.9 Å². The Morgan fingerprint density at radius 1 is 1.29 bits per heavy atom. The molecule has 1 amide bonds. The van der Waals surface area contributed by atoms with E-state index in [0.717, 1.165) is 38.4 Å². The molecule has 0 aromatic heterocycles. The van der Waals surface area contributed by atoms with Crippen LogP contribution in [0, 0.1) is 0 Å². The molecule has 2 rings (SSSR count). The Hall–Kier alpha value is -2.08. The van der Waals surface area contributed by atoms with Crippen LogP contribution in [0.1, 0.15) is 52.5 Å². The first-order valence-electron chi connectivity index (χ1n) is 10.6. The van der Waals surface area contributed by atoms with Gasteiger partial charge in [0.2, 0.25) is 5.91 Å². The molecule has 0 bridgehead atoms. The summed E-state index contributed by atoms with van der Waals surface area (Å²) in [5.74, 6) is 0.867. The summed E-state index contributed by atoms with van der Waals surface area (Å²) in [6.07, 6.45) is 2.60. The molecule has 156 valence electrons. The smallest absolute Gasteiger partial charge is 0.222 e. The van der Waals surface area contributed by atoms with Crippen LogP contribution in [0.5, 0.6) is 0 Å². The average molecular weight is 388 g/mol. The Labute approximate surface area is 170 Å². The van der Waals surface area contributed by atoms with Crippen LogP contribution in [0.2, 0.25) is 0 Å². The highest BCUT2D eigenvalue weighted by molar-refractivity contribution is 5.81. The van der Waals surface area contributed by atoms with Crippen molar-refractivity contribution in [1.29, 1.82) is 0 Å². The van der Waals surface area contributed by atoms with Gasteiger partial charge < -0.3 is 16.0 Å². The number of piperidine rings is 1. The van der Waals surface area contributed by atoms with Gasteiger partial charge in [0, 0.05) is 44.2 Å². The fourth-order valence-electron chi connectivity index (χ4n) is 3.58. The number of rotatable bonds is 8. The highest BCUT2D eigenvalue weighted by atomic mass is 16.1. The molecular formula is C22H37N5O. The fraction of sp³-hybridized carbons (Fsp3) is 0.636. The predicted octanol–water partition coefficient (Wildman–Crippen LogP) is 2.51. The van der Waals surface area contributed by atoms with Crippen LogP contribution in [-0.2, 0) is 11.3 Å². The molecule has 1 aromatic carbocycles. The Morgan fingerprint density at radius 2 is 2.04 bits per heavy atom. The monoisotopic (exact) mass is 387 g/mol. The lowest BCUT2D eigenvalue weighted by Crippen LogP contribution is -2.51. The molecule has 0 aliphatic carbocycles. The molecule has 1 aliphatic rings. The van der Waals surface area contributed by atoms with E-state index in [-0.39, 0.29) is 11.9 Å². The summed E-state index contributed by atoms with van der Waals surface area (Å²) in [5.41, 5.74) is 1.37. The molecule has 1 fully saturated rings. The van der Waals surface area contributed by atoms with Crippen molar-refractivity contribution < 1.29 is 4.79 Å². The van der Waals surface area contributed by atoms with Crippen LogP contribution < -0.4 is 16.0 Å². The minimum Gasteiger partial charge on any atom is -0.357 e. The summed E-state index contributed by atoms with van der Waals surface area (Å²) in [7, 11) is 0. The quantitative estimate of drug-likeness (QED) is 0.474. The molecule has 28 heavy (non-hydrogen) atoms. The number of carbonyl (C=O) groups is 1. The molecule has 1 aliphatic heterocycles. The van der Waals surface area contributed by atoms with Crippen LogP contribution in [0.25, 0.3) is 0 Å². The van der Waals surface area contributed by atoms with Crippen LogP contribution in [0.3, 0.4) is 0 Å². The SMILES string of the molecule is CCNC(=NCCC(=O)NC(C)C)NC1CCN(Cc2ccccc2)C(C)C1. The number of hydrogen-bond acceptors (Lipinski definition) is 3. The highest BCUT2D eigenvalue weighted by Gasteiger charge is 2.25. The molecule has 2 unspecified atom stereocenters. The number of guanidine groups is 1. The standard InChI is InChI=1S/C22H37N5O/c1-5-23-22(24-13-11-21(28)25-17(2)3)26-20-12-14-27(18(4)15-20)16-19-9-7-6-8-10-19/h6-10,17-18,20H,5,11-16H2,1-4H3,(H,25,28)(H2,23,24,26). The Morgan fingerprint density at radius 3 is 2.68 bits per heavy atom. The maximum absolute atomic E-state index is 11.8. The second-order valence-electron chi connectivity index (χ2n) is 7.90. The van der Waals surface area contributed by atoms with Gasteiger partial charge in [-0.1, -0.05) is 30.3 Å². The van der Waals surface area contributed by atoms with Gasteiger partial charge in [0.1, 0.15) is 0 Å². The number of hydrogen-bond donors (Lipinski definition) is 3. The van der Waals surface area contributed by atoms with Crippen molar-refractivity contribution in [3.05, 3.63) is 35.9 Å². The summed E-state index contributed by atoms with van der Waals surface area (Å²) in [6.45, 7) is 11.7. The van der Waals surface area contributed by atoms with Gasteiger partial charge in [-0.2, -0.15) is 0 Å². The van der Waals surface area contributed by atoms with E-state index in [4.69, 9.17) is 0 Å². The zero-order valence-electron chi connectivity index (χ0n) is 17.9. The summed E-state index contributed by atoms with van der Waals surface area (Å²) < 4.78 is 0. The summed E-state index contributed by atoms with van der Waals surface area (Å²) >= 11 is 0. The minimum absolute atomic E-state index is 0.0532. The first kappa shape index (κ1) is 22.2. The van der Waals surface area contributed by atoms with Gasteiger partial charge in [0.05, 0.1) is 6.54 Å². The van der Waals surface area contributed by atoms with Gasteiger partial charge in [-0.3, -0.25) is 14.7 Å². The van der Waals surface area contributed by atoms with E-state index in [9.17, 15) is 4.79 Å². The van der Waals surface area contributed by atoms with Gasteiger partial charge in [-0.05, 0) is 46.1 Å². The van der Waals surface area contributed by atoms with Crippen LogP contribution >= 0.6 is 0 Å². The summed E-state index contributed by atoms with van der Waals surface area (Å²) in [5, 5.41) is 9.78. The third-order valence-corrected chi connectivity index (χ3v) is 4.99. The van der Waals surface area contributed by atoms with Crippen molar-refractivity contribution in [2.24, 2.45) is 4.99 Å². The zero-order valence-corrected chi connectivity index (χ0v) is 17.9. The van der Waals surface area contributed by atoms with E-state index in [0.29, 0.717) is 25.0 Å². The zero-order chi connectivity index (χ0) is 20.4. The Balaban J connectivity index is 1.81. The number of nitrogens with zero attached hydrogens (tertiary/aromatic N) is 2. The average Bonchev–Trinajstić information content (AvgIpc) is 2.64. The van der Waals surface area contributed by atoms with Gasteiger partial charge in [0.25, 0.3) is 0 Å². The van der Waals surface area contributed by atoms with E-state index in [1.54, 1.807) is 0 Å². The first-order valence-corrected chi connectivity index (χ1v) is 10.6. The molecule has 0 spiro atoms. The molecular weight excluding hydrogens is 350 g/mol. The molecule has 6 heteroatoms. The Bertz CT molecular complexity index is 617. The maximum atomic E-state index is 11.8. The van der Waals surface area contributed by atoms with Crippen molar-refractivity contribution in [1.82, 2.24) is 20.9 Å². The first-order chi connectivity index (χ1) is 13.5. The van der Waals surface area contributed by atoms with E-state index < -0.39 is 0 Å². The third-order valence-electron chi connectivity index (χ3n) is 4.99. The fourth-order valence-corrected chi connectivity index (χ4v) is 3.58. The number of carbonyl (C=O) groups excluding carboxylic acids is 1. The molecule has 1 heterocycles. The van der Waals surface area contributed by atoms with Gasteiger partial charge in [-0.15, -0.1) is 0 Å². The number of amides is 1. The van der Waals surface area contributed by atoms with Crippen LogP contribution in [0.4, 0.5) is 0 Å². The highest BCUT2D eigenvalue weighted by Crippen LogP contribution is 2.19. The lowest BCUT2D eigenvalue weighted by Gasteiger charge is -2.38. The molecule has 1 saturated heterocycles. The number of benzene rings is 1. The van der Waals surface area contributed by atoms with Crippen LogP contribution in [-0.4, -0.2) is 54.5 Å². The van der Waals surface area contributed by atoms with Gasteiger partial charge in [0.15, 0.2) is 5.96 Å². The van der Waals surface area contributed by atoms with Crippen molar-refractivity contribution in [2.45, 2.75) is 71.6 Å². The number of aliphatic imine (C=N–C) groups is 1. The largest absolute Gasteiger partial charge is 0.357 e. The van der Waals surface area contributed by atoms with E-state index >= 15 is 0 Å². The molecule has 6 nitrogen and oxygen atoms in total. The van der Waals surface area contributed by atoms with Crippen molar-refractivity contribution in [2.75, 3.05) is 19.6 Å². The topological polar surface area (TPSA) is 68.8 Å². The van der Waals surface area contributed by atoms with E-state index in [2.05, 4.69) is 70.0 Å². The second kappa shape index (κ2) is 11.7. The minimum atomic E-state index is 0.0532.